The van der Waals surface area contributed by atoms with E-state index in [1.807, 2.05) is 24.3 Å². The molecule has 6 nitrogen and oxygen atoms in total. The van der Waals surface area contributed by atoms with Gasteiger partial charge in [-0.1, -0.05) is 0 Å². The molecule has 1 saturated carbocycles. The summed E-state index contributed by atoms with van der Waals surface area (Å²) in [5.41, 5.74) is 1.02. The van der Waals surface area contributed by atoms with E-state index in [0.717, 1.165) is 24.2 Å². The first kappa shape index (κ1) is 16.2. The van der Waals surface area contributed by atoms with E-state index in [0.29, 0.717) is 18.2 Å². The van der Waals surface area contributed by atoms with Crippen LogP contribution in [0.1, 0.15) is 30.1 Å². The van der Waals surface area contributed by atoms with E-state index < -0.39 is 11.5 Å². The number of methoxy groups -OCH3 is 1. The first-order valence-electron chi connectivity index (χ1n) is 8.06. The summed E-state index contributed by atoms with van der Waals surface area (Å²) >= 11 is 0. The molecule has 2 aromatic rings. The maximum absolute atomic E-state index is 12.5. The summed E-state index contributed by atoms with van der Waals surface area (Å²) in [6.45, 7) is 2.47. The van der Waals surface area contributed by atoms with Crippen LogP contribution >= 0.6 is 0 Å². The van der Waals surface area contributed by atoms with Crippen LogP contribution in [0.25, 0.3) is 11.3 Å². The number of hydrogen-bond donors (Lipinski definition) is 0. The third-order valence-electron chi connectivity index (χ3n) is 3.98. The lowest BCUT2D eigenvalue weighted by atomic mass is 10.1. The molecule has 0 unspecified atom stereocenters. The van der Waals surface area contributed by atoms with Gasteiger partial charge in [0.05, 0.1) is 19.4 Å². The van der Waals surface area contributed by atoms with Crippen LogP contribution in [0.2, 0.25) is 0 Å². The Hall–Kier alpha value is -2.63. The van der Waals surface area contributed by atoms with E-state index in [2.05, 4.69) is 5.10 Å². The molecule has 3 rings (SSSR count). The Morgan fingerprint density at radius 2 is 2.00 bits per heavy atom. The van der Waals surface area contributed by atoms with Crippen LogP contribution < -0.4 is 10.3 Å². The highest BCUT2D eigenvalue weighted by molar-refractivity contribution is 5.90. The second kappa shape index (κ2) is 6.86. The number of carbonyl (C=O) groups is 1. The van der Waals surface area contributed by atoms with Gasteiger partial charge in [0.1, 0.15) is 11.3 Å². The number of benzene rings is 1. The molecule has 1 aromatic carbocycles. The monoisotopic (exact) mass is 328 g/mol. The van der Waals surface area contributed by atoms with Gasteiger partial charge in [0, 0.05) is 12.1 Å². The lowest BCUT2D eigenvalue weighted by Gasteiger charge is -2.10. The molecule has 0 bridgehead atoms. The zero-order valence-electron chi connectivity index (χ0n) is 13.8. The summed E-state index contributed by atoms with van der Waals surface area (Å²) in [4.78, 5) is 24.6. The average Bonchev–Trinajstić information content (AvgIpc) is 3.41. The second-order valence-electron chi connectivity index (χ2n) is 5.82. The van der Waals surface area contributed by atoms with Crippen LogP contribution in [0.15, 0.2) is 35.1 Å². The molecule has 0 spiro atoms. The Morgan fingerprint density at radius 1 is 1.29 bits per heavy atom. The van der Waals surface area contributed by atoms with Gasteiger partial charge in [0.25, 0.3) is 5.56 Å². The zero-order chi connectivity index (χ0) is 17.1. The van der Waals surface area contributed by atoms with Crippen molar-refractivity contribution >= 4 is 5.97 Å². The maximum Gasteiger partial charge on any atom is 0.343 e. The lowest BCUT2D eigenvalue weighted by molar-refractivity contribution is 0.0523. The van der Waals surface area contributed by atoms with Crippen molar-refractivity contribution in [2.24, 2.45) is 5.92 Å². The van der Waals surface area contributed by atoms with Gasteiger partial charge in [0.2, 0.25) is 0 Å². The number of carbonyl (C=O) groups excluding carboxylic acids is 1. The Labute approximate surface area is 140 Å². The molecule has 1 aromatic heterocycles. The smallest absolute Gasteiger partial charge is 0.343 e. The van der Waals surface area contributed by atoms with Gasteiger partial charge >= 0.3 is 5.97 Å². The van der Waals surface area contributed by atoms with Gasteiger partial charge in [-0.15, -0.1) is 0 Å². The summed E-state index contributed by atoms with van der Waals surface area (Å²) in [5.74, 6) is 0.594. The third-order valence-corrected chi connectivity index (χ3v) is 3.98. The minimum absolute atomic E-state index is 0.0262. The van der Waals surface area contributed by atoms with E-state index in [4.69, 9.17) is 9.47 Å². The standard InChI is InChI=1S/C18H20N2O4/c1-3-24-18(22)15-10-16(13-6-8-14(23-2)9-7-13)19-20(17(15)21)11-12-4-5-12/h6-10,12H,3-5,11H2,1-2H3. The number of esters is 1. The van der Waals surface area contributed by atoms with Crippen molar-refractivity contribution in [3.63, 3.8) is 0 Å². The van der Waals surface area contributed by atoms with Crippen molar-refractivity contribution in [3.05, 3.63) is 46.2 Å². The van der Waals surface area contributed by atoms with Crippen LogP contribution in [-0.4, -0.2) is 29.5 Å². The van der Waals surface area contributed by atoms with Crippen LogP contribution in [0.4, 0.5) is 0 Å². The summed E-state index contributed by atoms with van der Waals surface area (Å²) in [6, 6.07) is 8.84. The molecule has 0 radical (unpaired) electrons. The Balaban J connectivity index is 2.04. The molecule has 0 N–H and O–H groups in total. The van der Waals surface area contributed by atoms with Gasteiger partial charge in [-0.2, -0.15) is 5.10 Å². The molecule has 6 heteroatoms. The lowest BCUT2D eigenvalue weighted by Crippen LogP contribution is -2.30. The van der Waals surface area contributed by atoms with Crippen molar-refractivity contribution < 1.29 is 14.3 Å². The Morgan fingerprint density at radius 3 is 2.58 bits per heavy atom. The van der Waals surface area contributed by atoms with Gasteiger partial charge in [-0.05, 0) is 56.0 Å². The highest BCUT2D eigenvalue weighted by Gasteiger charge is 2.25. The van der Waals surface area contributed by atoms with Gasteiger partial charge < -0.3 is 9.47 Å². The fraction of sp³-hybridized carbons (Fsp3) is 0.389. The molecule has 0 amide bonds. The number of aromatic nitrogens is 2. The average molecular weight is 328 g/mol. The third kappa shape index (κ3) is 3.48. The van der Waals surface area contributed by atoms with Crippen molar-refractivity contribution in [2.75, 3.05) is 13.7 Å². The molecule has 1 aliphatic carbocycles. The number of hydrogen-bond acceptors (Lipinski definition) is 5. The molecule has 1 heterocycles. The summed E-state index contributed by atoms with van der Waals surface area (Å²) in [6.07, 6.45) is 2.19. The molecule has 24 heavy (non-hydrogen) atoms. The maximum atomic E-state index is 12.5. The van der Waals surface area contributed by atoms with Crippen molar-refractivity contribution in [1.82, 2.24) is 9.78 Å². The van der Waals surface area contributed by atoms with Crippen LogP contribution in [0.3, 0.4) is 0 Å². The zero-order valence-corrected chi connectivity index (χ0v) is 13.8. The highest BCUT2D eigenvalue weighted by atomic mass is 16.5. The molecule has 1 aliphatic rings. The summed E-state index contributed by atoms with van der Waals surface area (Å²) < 4.78 is 11.6. The largest absolute Gasteiger partial charge is 0.497 e. The van der Waals surface area contributed by atoms with Gasteiger partial charge in [-0.3, -0.25) is 4.79 Å². The number of ether oxygens (including phenoxy) is 2. The van der Waals surface area contributed by atoms with Crippen molar-refractivity contribution in [2.45, 2.75) is 26.3 Å². The second-order valence-corrected chi connectivity index (χ2v) is 5.82. The first-order chi connectivity index (χ1) is 11.6. The molecule has 1 fully saturated rings. The molecule has 0 saturated heterocycles. The predicted octanol–water partition coefficient (Wildman–Crippen LogP) is 2.51. The molecular weight excluding hydrogens is 308 g/mol. The topological polar surface area (TPSA) is 70.4 Å². The Bertz CT molecular complexity index is 792. The Kier molecular flexibility index (Phi) is 4.64. The number of rotatable bonds is 6. The minimum atomic E-state index is -0.607. The van der Waals surface area contributed by atoms with Crippen molar-refractivity contribution in [3.8, 4) is 17.0 Å². The molecule has 126 valence electrons. The summed E-state index contributed by atoms with van der Waals surface area (Å²) in [7, 11) is 1.60. The highest BCUT2D eigenvalue weighted by Crippen LogP contribution is 2.30. The van der Waals surface area contributed by atoms with Crippen LogP contribution in [0, 0.1) is 5.92 Å². The van der Waals surface area contributed by atoms with Gasteiger partial charge in [-0.25, -0.2) is 9.48 Å². The van der Waals surface area contributed by atoms with Crippen LogP contribution in [-0.2, 0) is 11.3 Å². The minimum Gasteiger partial charge on any atom is -0.497 e. The molecule has 0 atom stereocenters. The number of nitrogens with zero attached hydrogens (tertiary/aromatic N) is 2. The van der Waals surface area contributed by atoms with E-state index >= 15 is 0 Å². The fourth-order valence-corrected chi connectivity index (χ4v) is 2.47. The first-order valence-corrected chi connectivity index (χ1v) is 8.06. The van der Waals surface area contributed by atoms with E-state index in [1.165, 1.54) is 10.7 Å². The van der Waals surface area contributed by atoms with Crippen molar-refractivity contribution in [1.29, 1.82) is 0 Å². The summed E-state index contributed by atoms with van der Waals surface area (Å²) in [5, 5.41) is 4.44. The molecule has 0 aliphatic heterocycles. The van der Waals surface area contributed by atoms with E-state index in [9.17, 15) is 9.59 Å². The normalized spacial score (nSPS) is 13.6. The molecular formula is C18H20N2O4. The van der Waals surface area contributed by atoms with E-state index in [1.54, 1.807) is 14.0 Å². The SMILES string of the molecule is CCOC(=O)c1cc(-c2ccc(OC)cc2)nn(CC2CC2)c1=O. The fourth-order valence-electron chi connectivity index (χ4n) is 2.47. The quantitative estimate of drug-likeness (QED) is 0.762. The van der Waals surface area contributed by atoms with Gasteiger partial charge in [0.15, 0.2) is 0 Å². The van der Waals surface area contributed by atoms with Crippen LogP contribution in [0.5, 0.6) is 5.75 Å². The predicted molar refractivity (Wildman–Crippen MR) is 89.2 cm³/mol. The van der Waals surface area contributed by atoms with E-state index in [-0.39, 0.29) is 12.2 Å².